The van der Waals surface area contributed by atoms with E-state index in [9.17, 15) is 14.0 Å². The number of anilines is 1. The lowest BCUT2D eigenvalue weighted by Crippen LogP contribution is -2.25. The highest BCUT2D eigenvalue weighted by molar-refractivity contribution is 5.95. The third-order valence-corrected chi connectivity index (χ3v) is 2.74. The fourth-order valence-corrected chi connectivity index (χ4v) is 1.81. The first kappa shape index (κ1) is 14.7. The minimum atomic E-state index is -1.05. The smallest absolute Gasteiger partial charge is 0.303 e. The summed E-state index contributed by atoms with van der Waals surface area (Å²) in [6.07, 6.45) is -1.05. The fraction of sp³-hybridized carbons (Fsp3) is 0.125. The van der Waals surface area contributed by atoms with Crippen LogP contribution in [0.25, 0.3) is 0 Å². The first-order valence-electron chi connectivity index (χ1n) is 6.35. The van der Waals surface area contributed by atoms with Gasteiger partial charge in [-0.25, -0.2) is 4.39 Å². The van der Waals surface area contributed by atoms with E-state index in [0.29, 0.717) is 11.3 Å². The number of amides is 1. The molecule has 0 aliphatic rings. The number of benzene rings is 2. The van der Waals surface area contributed by atoms with Crippen LogP contribution in [0.2, 0.25) is 0 Å². The van der Waals surface area contributed by atoms with Gasteiger partial charge in [0, 0.05) is 18.2 Å². The lowest BCUT2D eigenvalue weighted by Gasteiger charge is -2.17. The summed E-state index contributed by atoms with van der Waals surface area (Å²) < 4.78 is 17.9. The van der Waals surface area contributed by atoms with Crippen LogP contribution in [0.4, 0.5) is 10.1 Å². The molecule has 21 heavy (non-hydrogen) atoms. The zero-order valence-corrected chi connectivity index (χ0v) is 11.4. The van der Waals surface area contributed by atoms with Crippen molar-refractivity contribution in [1.29, 1.82) is 0 Å². The van der Waals surface area contributed by atoms with Crippen LogP contribution in [0.5, 0.6) is 0 Å². The Morgan fingerprint density at radius 3 is 2.24 bits per heavy atom. The van der Waals surface area contributed by atoms with E-state index in [-0.39, 0.29) is 0 Å². The number of ether oxygens (including phenoxy) is 1. The molecule has 4 nitrogen and oxygen atoms in total. The highest BCUT2D eigenvalue weighted by Crippen LogP contribution is 2.20. The molecule has 1 atom stereocenters. The van der Waals surface area contributed by atoms with Crippen molar-refractivity contribution in [3.63, 3.8) is 0 Å². The summed E-state index contributed by atoms with van der Waals surface area (Å²) in [6.45, 7) is 1.24. The average Bonchev–Trinajstić information content (AvgIpc) is 2.48. The summed E-state index contributed by atoms with van der Waals surface area (Å²) in [5, 5.41) is 2.59. The molecule has 0 unspecified atom stereocenters. The highest BCUT2D eigenvalue weighted by atomic mass is 19.1. The Morgan fingerprint density at radius 2 is 1.67 bits per heavy atom. The normalized spacial score (nSPS) is 11.5. The second kappa shape index (κ2) is 6.65. The maximum atomic E-state index is 12.8. The molecule has 1 amide bonds. The van der Waals surface area contributed by atoms with Crippen molar-refractivity contribution in [2.45, 2.75) is 13.0 Å². The topological polar surface area (TPSA) is 55.4 Å². The number of rotatable bonds is 4. The molecule has 2 rings (SSSR count). The van der Waals surface area contributed by atoms with Crippen LogP contribution in [-0.2, 0) is 14.3 Å². The van der Waals surface area contributed by atoms with Gasteiger partial charge in [-0.2, -0.15) is 0 Å². The minimum absolute atomic E-state index is 0.396. The van der Waals surface area contributed by atoms with Gasteiger partial charge in [-0.05, 0) is 24.3 Å². The zero-order chi connectivity index (χ0) is 15.2. The molecule has 0 radical (unpaired) electrons. The molecule has 0 spiro atoms. The van der Waals surface area contributed by atoms with Crippen molar-refractivity contribution < 1.29 is 18.7 Å². The van der Waals surface area contributed by atoms with Crippen molar-refractivity contribution in [2.75, 3.05) is 5.32 Å². The average molecular weight is 287 g/mol. The van der Waals surface area contributed by atoms with Crippen molar-refractivity contribution >= 4 is 17.6 Å². The molecule has 0 fully saturated rings. The third-order valence-electron chi connectivity index (χ3n) is 2.74. The SMILES string of the molecule is CC(=O)O[C@H](C(=O)Nc1ccc(F)cc1)c1ccccc1. The van der Waals surface area contributed by atoms with Gasteiger partial charge in [0.1, 0.15) is 5.82 Å². The van der Waals surface area contributed by atoms with E-state index >= 15 is 0 Å². The number of nitrogens with one attached hydrogen (secondary N) is 1. The monoisotopic (exact) mass is 287 g/mol. The van der Waals surface area contributed by atoms with Crippen molar-refractivity contribution in [3.8, 4) is 0 Å². The van der Waals surface area contributed by atoms with E-state index < -0.39 is 23.8 Å². The summed E-state index contributed by atoms with van der Waals surface area (Å²) in [5.41, 5.74) is 0.988. The number of carbonyl (C=O) groups is 2. The summed E-state index contributed by atoms with van der Waals surface area (Å²) in [4.78, 5) is 23.4. The summed E-state index contributed by atoms with van der Waals surface area (Å²) in [6, 6.07) is 14.0. The van der Waals surface area contributed by atoms with E-state index in [1.807, 2.05) is 0 Å². The predicted octanol–water partition coefficient (Wildman–Crippen LogP) is 3.07. The largest absolute Gasteiger partial charge is 0.447 e. The number of hydrogen-bond donors (Lipinski definition) is 1. The summed E-state index contributed by atoms with van der Waals surface area (Å²) >= 11 is 0. The van der Waals surface area contributed by atoms with Gasteiger partial charge in [0.05, 0.1) is 0 Å². The Balaban J connectivity index is 2.18. The molecule has 108 valence electrons. The molecule has 0 aromatic heterocycles. The molecule has 2 aromatic rings. The Bertz CT molecular complexity index is 626. The van der Waals surface area contributed by atoms with Gasteiger partial charge in [-0.1, -0.05) is 30.3 Å². The molecule has 0 saturated carbocycles. The standard InChI is InChI=1S/C16H14FNO3/c1-11(19)21-15(12-5-3-2-4-6-12)16(20)18-14-9-7-13(17)8-10-14/h2-10,15H,1H3,(H,18,20)/t15-/m0/s1. The first-order chi connectivity index (χ1) is 10.1. The maximum absolute atomic E-state index is 12.8. The van der Waals surface area contributed by atoms with Gasteiger partial charge in [0.25, 0.3) is 5.91 Å². The van der Waals surface area contributed by atoms with E-state index in [1.54, 1.807) is 30.3 Å². The van der Waals surface area contributed by atoms with Crippen LogP contribution in [-0.4, -0.2) is 11.9 Å². The number of halogens is 1. The Hall–Kier alpha value is -2.69. The fourth-order valence-electron chi connectivity index (χ4n) is 1.81. The lowest BCUT2D eigenvalue weighted by molar-refractivity contribution is -0.152. The molecule has 2 aromatic carbocycles. The first-order valence-corrected chi connectivity index (χ1v) is 6.35. The molecule has 0 bridgehead atoms. The molecule has 0 aliphatic heterocycles. The van der Waals surface area contributed by atoms with Gasteiger partial charge in [-0.3, -0.25) is 9.59 Å². The Kier molecular flexibility index (Phi) is 4.66. The van der Waals surface area contributed by atoms with Gasteiger partial charge in [0.15, 0.2) is 0 Å². The minimum Gasteiger partial charge on any atom is -0.447 e. The summed E-state index contributed by atoms with van der Waals surface area (Å²) in [5.74, 6) is -1.45. The van der Waals surface area contributed by atoms with Crippen LogP contribution >= 0.6 is 0 Å². The Labute approximate surface area is 121 Å². The Morgan fingerprint density at radius 1 is 1.05 bits per heavy atom. The van der Waals surface area contributed by atoms with E-state index in [2.05, 4.69) is 5.32 Å². The molecule has 5 heteroatoms. The van der Waals surface area contributed by atoms with E-state index in [1.165, 1.54) is 31.2 Å². The van der Waals surface area contributed by atoms with Gasteiger partial charge < -0.3 is 10.1 Å². The zero-order valence-electron chi connectivity index (χ0n) is 11.4. The van der Waals surface area contributed by atoms with E-state index in [0.717, 1.165) is 0 Å². The molecule has 1 N–H and O–H groups in total. The molecule has 0 saturated heterocycles. The molecular weight excluding hydrogens is 273 g/mol. The number of hydrogen-bond acceptors (Lipinski definition) is 3. The van der Waals surface area contributed by atoms with Crippen molar-refractivity contribution in [1.82, 2.24) is 0 Å². The van der Waals surface area contributed by atoms with E-state index in [4.69, 9.17) is 4.74 Å². The second-order valence-corrected chi connectivity index (χ2v) is 4.40. The maximum Gasteiger partial charge on any atom is 0.303 e. The van der Waals surface area contributed by atoms with Crippen molar-refractivity contribution in [3.05, 3.63) is 66.0 Å². The second-order valence-electron chi connectivity index (χ2n) is 4.40. The van der Waals surface area contributed by atoms with Crippen LogP contribution < -0.4 is 5.32 Å². The van der Waals surface area contributed by atoms with Gasteiger partial charge >= 0.3 is 5.97 Å². The number of esters is 1. The third kappa shape index (κ3) is 4.14. The van der Waals surface area contributed by atoms with Crippen molar-refractivity contribution in [2.24, 2.45) is 0 Å². The van der Waals surface area contributed by atoms with Crippen LogP contribution in [0, 0.1) is 5.82 Å². The van der Waals surface area contributed by atoms with Crippen LogP contribution in [0.1, 0.15) is 18.6 Å². The summed E-state index contributed by atoms with van der Waals surface area (Å²) in [7, 11) is 0. The predicted molar refractivity (Wildman–Crippen MR) is 76.0 cm³/mol. The molecule has 0 heterocycles. The van der Waals surface area contributed by atoms with Gasteiger partial charge in [-0.15, -0.1) is 0 Å². The van der Waals surface area contributed by atoms with Crippen LogP contribution in [0.3, 0.4) is 0 Å². The molecular formula is C16H14FNO3. The highest BCUT2D eigenvalue weighted by Gasteiger charge is 2.23. The van der Waals surface area contributed by atoms with Crippen LogP contribution in [0.15, 0.2) is 54.6 Å². The number of carbonyl (C=O) groups excluding carboxylic acids is 2. The lowest BCUT2D eigenvalue weighted by atomic mass is 10.1. The van der Waals surface area contributed by atoms with Gasteiger partial charge in [0.2, 0.25) is 6.10 Å². The quantitative estimate of drug-likeness (QED) is 0.879. The molecule has 0 aliphatic carbocycles.